The summed E-state index contributed by atoms with van der Waals surface area (Å²) in [6.07, 6.45) is 0. The molecule has 0 amide bonds. The van der Waals surface area contributed by atoms with Crippen LogP contribution in [0.25, 0.3) is 71.7 Å². The van der Waals surface area contributed by atoms with Gasteiger partial charge in [0.2, 0.25) is 0 Å². The van der Waals surface area contributed by atoms with Gasteiger partial charge in [0.1, 0.15) is 11.2 Å². The Labute approximate surface area is 300 Å². The highest BCUT2D eigenvalue weighted by molar-refractivity contribution is 6.11. The van der Waals surface area contributed by atoms with Gasteiger partial charge in [-0.1, -0.05) is 103 Å². The van der Waals surface area contributed by atoms with Gasteiger partial charge in [0.15, 0.2) is 11.5 Å². The van der Waals surface area contributed by atoms with Gasteiger partial charge < -0.3 is 18.6 Å². The van der Waals surface area contributed by atoms with Crippen molar-refractivity contribution in [2.45, 2.75) is 0 Å². The molecule has 10 aromatic rings. The number of ether oxygens (including phenoxy) is 1. The van der Waals surface area contributed by atoms with Crippen LogP contribution in [0.5, 0.6) is 11.5 Å². The molecule has 0 unspecified atom stereocenters. The van der Waals surface area contributed by atoms with Crippen LogP contribution < -0.4 is 9.64 Å². The Bertz CT molecular complexity index is 3010. The zero-order chi connectivity index (χ0) is 34.2. The van der Waals surface area contributed by atoms with Crippen LogP contribution in [0.2, 0.25) is 0 Å². The minimum Gasteiger partial charge on any atom is -0.456 e. The summed E-state index contributed by atoms with van der Waals surface area (Å²) in [6, 6.07) is 64.3. The van der Waals surface area contributed by atoms with Crippen LogP contribution in [0.3, 0.4) is 0 Å². The van der Waals surface area contributed by atoms with Gasteiger partial charge in [-0.15, -0.1) is 0 Å². The van der Waals surface area contributed by atoms with E-state index in [2.05, 4.69) is 167 Å². The average Bonchev–Trinajstić information content (AvgIpc) is 3.75. The van der Waals surface area contributed by atoms with E-state index < -0.39 is 0 Å². The predicted molar refractivity (Wildman–Crippen MR) is 214 cm³/mol. The second kappa shape index (κ2) is 11.2. The van der Waals surface area contributed by atoms with Gasteiger partial charge in [-0.25, -0.2) is 0 Å². The maximum atomic E-state index is 6.63. The number of aromatic nitrogens is 1. The van der Waals surface area contributed by atoms with Crippen LogP contribution in [0.15, 0.2) is 186 Å². The number of fused-ring (bicyclic) bond motifs is 8. The highest BCUT2D eigenvalue weighted by Gasteiger charge is 2.26. The molecule has 52 heavy (non-hydrogen) atoms. The number of nitrogens with zero attached hydrogens (tertiary/aromatic N) is 2. The van der Waals surface area contributed by atoms with Crippen molar-refractivity contribution < 1.29 is 9.15 Å². The molecule has 0 N–H and O–H groups in total. The van der Waals surface area contributed by atoms with Gasteiger partial charge in [-0.2, -0.15) is 0 Å². The third-order valence-corrected chi connectivity index (χ3v) is 10.4. The Kier molecular flexibility index (Phi) is 6.22. The van der Waals surface area contributed by atoms with E-state index in [9.17, 15) is 0 Å². The first-order chi connectivity index (χ1) is 25.8. The first-order valence-electron chi connectivity index (χ1n) is 17.6. The molecule has 8 aromatic carbocycles. The summed E-state index contributed by atoms with van der Waals surface area (Å²) in [5.74, 6) is 1.66. The largest absolute Gasteiger partial charge is 0.456 e. The van der Waals surface area contributed by atoms with Crippen molar-refractivity contribution in [2.75, 3.05) is 4.90 Å². The van der Waals surface area contributed by atoms with Gasteiger partial charge in [0.25, 0.3) is 0 Å². The highest BCUT2D eigenvalue weighted by Crippen LogP contribution is 2.51. The maximum Gasteiger partial charge on any atom is 0.152 e. The van der Waals surface area contributed by atoms with Crippen molar-refractivity contribution >= 4 is 60.8 Å². The molecule has 0 saturated heterocycles. The summed E-state index contributed by atoms with van der Waals surface area (Å²) in [5, 5.41) is 4.66. The molecular formula is C48H30N2O2. The van der Waals surface area contributed by atoms with Gasteiger partial charge in [-0.05, 0) is 101 Å². The molecule has 2 aromatic heterocycles. The first-order valence-corrected chi connectivity index (χ1v) is 17.6. The SMILES string of the molecule is c1ccc(-c2cccc(N3c4ccccc4Oc4cc(-c5ccc6c(c5)c5ccccc5n6-c5ccc6oc7ccccc7c6c5)ccc43)c2)cc1. The molecule has 244 valence electrons. The third-order valence-electron chi connectivity index (χ3n) is 10.4. The second-order valence-corrected chi connectivity index (χ2v) is 13.4. The minimum atomic E-state index is 0.824. The summed E-state index contributed by atoms with van der Waals surface area (Å²) in [7, 11) is 0. The molecule has 11 rings (SSSR count). The predicted octanol–water partition coefficient (Wildman–Crippen LogP) is 13.6. The Morgan fingerprint density at radius 1 is 0.346 bits per heavy atom. The zero-order valence-corrected chi connectivity index (χ0v) is 28.0. The molecule has 0 fully saturated rings. The molecule has 0 saturated carbocycles. The van der Waals surface area contributed by atoms with Gasteiger partial charge in [0.05, 0.1) is 22.4 Å². The van der Waals surface area contributed by atoms with E-state index in [1.807, 2.05) is 24.3 Å². The topological polar surface area (TPSA) is 30.5 Å². The van der Waals surface area contributed by atoms with Gasteiger partial charge in [-0.3, -0.25) is 0 Å². The van der Waals surface area contributed by atoms with E-state index in [0.29, 0.717) is 0 Å². The van der Waals surface area contributed by atoms with Crippen LogP contribution in [-0.4, -0.2) is 4.57 Å². The summed E-state index contributed by atoms with van der Waals surface area (Å²) in [6.45, 7) is 0. The fourth-order valence-corrected chi connectivity index (χ4v) is 7.95. The lowest BCUT2D eigenvalue weighted by molar-refractivity contribution is 0.477. The lowest BCUT2D eigenvalue weighted by atomic mass is 10.0. The average molecular weight is 667 g/mol. The van der Waals surface area contributed by atoms with Crippen molar-refractivity contribution in [1.82, 2.24) is 4.57 Å². The third kappa shape index (κ3) is 4.41. The molecule has 4 nitrogen and oxygen atoms in total. The van der Waals surface area contributed by atoms with Crippen molar-refractivity contribution in [2.24, 2.45) is 0 Å². The van der Waals surface area contributed by atoms with E-state index in [-0.39, 0.29) is 0 Å². The standard InChI is InChI=1S/C48H30N2O2/c1-2-11-31(12-3-1)32-13-10-14-35(27-32)50-43-18-7-9-20-47(43)52-48-29-34(22-25-44(48)50)33-21-24-42-39(28-33)37-15-4-6-17-41(37)49(42)36-23-26-46-40(30-36)38-16-5-8-19-45(38)51-46/h1-30H. The number of benzene rings is 8. The molecule has 0 spiro atoms. The van der Waals surface area contributed by atoms with Crippen molar-refractivity contribution in [3.8, 4) is 39.4 Å². The lowest BCUT2D eigenvalue weighted by Crippen LogP contribution is -2.15. The zero-order valence-electron chi connectivity index (χ0n) is 28.0. The minimum absolute atomic E-state index is 0.824. The van der Waals surface area contributed by atoms with Crippen LogP contribution in [0.4, 0.5) is 17.1 Å². The van der Waals surface area contributed by atoms with E-state index in [4.69, 9.17) is 9.15 Å². The Hall–Kier alpha value is -7.04. The normalized spacial score (nSPS) is 12.3. The van der Waals surface area contributed by atoms with Crippen LogP contribution in [0.1, 0.15) is 0 Å². The molecular weight excluding hydrogens is 637 g/mol. The van der Waals surface area contributed by atoms with Gasteiger partial charge >= 0.3 is 0 Å². The van der Waals surface area contributed by atoms with Gasteiger partial charge in [0, 0.05) is 32.9 Å². The molecule has 1 aliphatic rings. The van der Waals surface area contributed by atoms with E-state index in [0.717, 1.165) is 72.8 Å². The molecule has 1 aliphatic heterocycles. The number of hydrogen-bond donors (Lipinski definition) is 0. The molecule has 0 bridgehead atoms. The summed E-state index contributed by atoms with van der Waals surface area (Å²) in [4.78, 5) is 2.31. The second-order valence-electron chi connectivity index (χ2n) is 13.4. The Balaban J connectivity index is 1.03. The Morgan fingerprint density at radius 2 is 1.04 bits per heavy atom. The number of hydrogen-bond acceptors (Lipinski definition) is 3. The molecule has 0 aliphatic carbocycles. The van der Waals surface area contributed by atoms with Crippen molar-refractivity contribution in [3.63, 3.8) is 0 Å². The smallest absolute Gasteiger partial charge is 0.152 e. The van der Waals surface area contributed by atoms with Crippen molar-refractivity contribution in [3.05, 3.63) is 182 Å². The summed E-state index contributed by atoms with van der Waals surface area (Å²) in [5.41, 5.74) is 12.9. The summed E-state index contributed by atoms with van der Waals surface area (Å²) >= 11 is 0. The highest BCUT2D eigenvalue weighted by atomic mass is 16.5. The number of furan rings is 1. The lowest BCUT2D eigenvalue weighted by Gasteiger charge is -2.33. The summed E-state index contributed by atoms with van der Waals surface area (Å²) < 4.78 is 15.2. The van der Waals surface area contributed by atoms with Crippen LogP contribution in [0, 0.1) is 0 Å². The number of rotatable bonds is 4. The number of para-hydroxylation sites is 4. The molecule has 0 radical (unpaired) electrons. The van der Waals surface area contributed by atoms with E-state index in [1.165, 1.54) is 27.4 Å². The molecule has 0 atom stereocenters. The van der Waals surface area contributed by atoms with Crippen molar-refractivity contribution in [1.29, 1.82) is 0 Å². The van der Waals surface area contributed by atoms with Crippen LogP contribution >= 0.6 is 0 Å². The fraction of sp³-hybridized carbons (Fsp3) is 0. The van der Waals surface area contributed by atoms with E-state index in [1.54, 1.807) is 0 Å². The van der Waals surface area contributed by atoms with Crippen LogP contribution in [-0.2, 0) is 0 Å². The molecule has 3 heterocycles. The monoisotopic (exact) mass is 666 g/mol. The van der Waals surface area contributed by atoms with E-state index >= 15 is 0 Å². The Morgan fingerprint density at radius 3 is 1.98 bits per heavy atom. The fourth-order valence-electron chi connectivity index (χ4n) is 7.95. The number of anilines is 3. The maximum absolute atomic E-state index is 6.63. The molecule has 4 heteroatoms. The quantitative estimate of drug-likeness (QED) is 0.187. The first kappa shape index (κ1) is 28.8.